The van der Waals surface area contributed by atoms with Gasteiger partial charge in [-0.1, -0.05) is 28.8 Å². The lowest BCUT2D eigenvalue weighted by atomic mass is 9.84. The number of hydrogen-bond acceptors (Lipinski definition) is 3. The number of benzene rings is 1. The smallest absolute Gasteiger partial charge is 0.240 e. The Balaban J connectivity index is 2.07. The molecule has 0 aromatic heterocycles. The lowest BCUT2D eigenvalue weighted by molar-refractivity contribution is -0.125. The van der Waals surface area contributed by atoms with E-state index in [1.807, 2.05) is 0 Å². The number of anilines is 1. The number of imide groups is 1. The molecule has 3 rings (SSSR count). The number of rotatable bonds is 1. The topological polar surface area (TPSA) is 61.2 Å². The average molecular weight is 333 g/mol. The van der Waals surface area contributed by atoms with E-state index >= 15 is 0 Å². The first kappa shape index (κ1) is 13.3. The van der Waals surface area contributed by atoms with Crippen molar-refractivity contribution in [3.63, 3.8) is 0 Å². The zero-order valence-electron chi connectivity index (χ0n) is 10.9. The second kappa shape index (κ2) is 4.71. The molecule has 2 fully saturated rings. The largest absolute Gasteiger partial charge is 0.274 e. The van der Waals surface area contributed by atoms with Crippen LogP contribution in [0, 0.1) is 16.7 Å². The quantitative estimate of drug-likeness (QED) is 0.742. The van der Waals surface area contributed by atoms with Gasteiger partial charge in [-0.25, -0.2) is 4.90 Å². The van der Waals surface area contributed by atoms with E-state index in [9.17, 15) is 14.9 Å². The maximum absolute atomic E-state index is 12.7. The van der Waals surface area contributed by atoms with Crippen molar-refractivity contribution in [1.82, 2.24) is 0 Å². The van der Waals surface area contributed by atoms with Crippen LogP contribution in [0.5, 0.6) is 0 Å². The number of carbonyl (C=O) groups is 2. The predicted molar refractivity (Wildman–Crippen MR) is 76.9 cm³/mol. The molecule has 2 aliphatic rings. The van der Waals surface area contributed by atoms with E-state index in [2.05, 4.69) is 22.0 Å². The average Bonchev–Trinajstić information content (AvgIpc) is 2.97. The summed E-state index contributed by atoms with van der Waals surface area (Å²) in [6.07, 6.45) is 3.84. The van der Waals surface area contributed by atoms with E-state index in [4.69, 9.17) is 0 Å². The molecule has 1 aliphatic heterocycles. The highest BCUT2D eigenvalue weighted by Crippen LogP contribution is 2.48. The van der Waals surface area contributed by atoms with Crippen molar-refractivity contribution in [2.24, 2.45) is 5.41 Å². The van der Waals surface area contributed by atoms with Crippen LogP contribution in [0.25, 0.3) is 0 Å². The summed E-state index contributed by atoms with van der Waals surface area (Å²) in [5.41, 5.74) is 0.247. The molecular weight excluding hydrogens is 320 g/mol. The highest BCUT2D eigenvalue weighted by atomic mass is 79.9. The van der Waals surface area contributed by atoms with Gasteiger partial charge in [0.15, 0.2) is 0 Å². The van der Waals surface area contributed by atoms with Crippen molar-refractivity contribution < 1.29 is 9.59 Å². The van der Waals surface area contributed by atoms with Gasteiger partial charge in [-0.3, -0.25) is 9.59 Å². The van der Waals surface area contributed by atoms with Crippen LogP contribution < -0.4 is 4.90 Å². The van der Waals surface area contributed by atoms with Crippen molar-refractivity contribution in [2.75, 3.05) is 4.90 Å². The molecule has 5 heteroatoms. The van der Waals surface area contributed by atoms with Crippen molar-refractivity contribution in [3.8, 4) is 6.07 Å². The molecule has 1 saturated heterocycles. The fourth-order valence-corrected chi connectivity index (χ4v) is 3.61. The van der Waals surface area contributed by atoms with E-state index < -0.39 is 5.41 Å². The van der Waals surface area contributed by atoms with Gasteiger partial charge < -0.3 is 0 Å². The molecule has 102 valence electrons. The molecule has 0 radical (unpaired) electrons. The minimum Gasteiger partial charge on any atom is -0.274 e. The number of amides is 2. The van der Waals surface area contributed by atoms with Gasteiger partial charge in [-0.2, -0.15) is 5.26 Å². The van der Waals surface area contributed by atoms with Gasteiger partial charge in [0.05, 0.1) is 16.7 Å². The number of nitriles is 1. The third kappa shape index (κ3) is 1.87. The molecule has 2 amide bonds. The van der Waals surface area contributed by atoms with Crippen molar-refractivity contribution in [2.45, 2.75) is 32.1 Å². The van der Waals surface area contributed by atoms with Gasteiger partial charge in [0.1, 0.15) is 6.07 Å². The Morgan fingerprint density at radius 3 is 2.60 bits per heavy atom. The van der Waals surface area contributed by atoms with Crippen LogP contribution in [0.1, 0.15) is 37.7 Å². The Morgan fingerprint density at radius 2 is 1.95 bits per heavy atom. The second-order valence-corrected chi connectivity index (χ2v) is 6.39. The van der Waals surface area contributed by atoms with Crippen LogP contribution in [0.2, 0.25) is 0 Å². The zero-order chi connectivity index (χ0) is 14.3. The first-order valence-corrected chi connectivity index (χ1v) is 7.44. The number of halogens is 1. The third-order valence-corrected chi connectivity index (χ3v) is 4.77. The third-order valence-electron chi connectivity index (χ3n) is 4.28. The van der Waals surface area contributed by atoms with E-state index in [1.54, 1.807) is 18.2 Å². The van der Waals surface area contributed by atoms with Crippen LogP contribution in [0.3, 0.4) is 0 Å². The van der Waals surface area contributed by atoms with E-state index in [-0.39, 0.29) is 18.2 Å². The Hall–Kier alpha value is -1.67. The maximum Gasteiger partial charge on any atom is 0.240 e. The molecule has 1 saturated carbocycles. The van der Waals surface area contributed by atoms with E-state index in [1.165, 1.54) is 4.90 Å². The molecule has 0 N–H and O–H groups in total. The summed E-state index contributed by atoms with van der Waals surface area (Å²) < 4.78 is 0.750. The van der Waals surface area contributed by atoms with Gasteiger partial charge in [0.2, 0.25) is 11.8 Å². The Bertz CT molecular complexity index is 642. The first-order valence-electron chi connectivity index (χ1n) is 6.64. The fourth-order valence-electron chi connectivity index (χ4n) is 3.27. The van der Waals surface area contributed by atoms with Crippen LogP contribution in [-0.4, -0.2) is 11.8 Å². The molecule has 1 aromatic rings. The summed E-state index contributed by atoms with van der Waals surface area (Å²) in [7, 11) is 0. The van der Waals surface area contributed by atoms with Gasteiger partial charge in [-0.15, -0.1) is 0 Å². The summed E-state index contributed by atoms with van der Waals surface area (Å²) in [5, 5.41) is 9.18. The van der Waals surface area contributed by atoms with Crippen LogP contribution in [-0.2, 0) is 9.59 Å². The van der Waals surface area contributed by atoms with Crippen LogP contribution >= 0.6 is 15.9 Å². The number of hydrogen-bond donors (Lipinski definition) is 0. The molecule has 1 aromatic carbocycles. The van der Waals surface area contributed by atoms with Crippen LogP contribution in [0.4, 0.5) is 5.69 Å². The van der Waals surface area contributed by atoms with Gasteiger partial charge >= 0.3 is 0 Å². The Kier molecular flexibility index (Phi) is 3.14. The predicted octanol–water partition coefficient (Wildman–Crippen LogP) is 3.14. The minimum atomic E-state index is -0.508. The lowest BCUT2D eigenvalue weighted by Gasteiger charge is -2.21. The van der Waals surface area contributed by atoms with Crippen molar-refractivity contribution in [3.05, 3.63) is 28.2 Å². The Morgan fingerprint density at radius 1 is 1.25 bits per heavy atom. The summed E-state index contributed by atoms with van der Waals surface area (Å²) in [5.74, 6) is -0.318. The minimum absolute atomic E-state index is 0.130. The summed E-state index contributed by atoms with van der Waals surface area (Å²) in [6, 6.07) is 7.08. The van der Waals surface area contributed by atoms with Gasteiger partial charge in [0.25, 0.3) is 0 Å². The lowest BCUT2D eigenvalue weighted by Crippen LogP contribution is -2.34. The van der Waals surface area contributed by atoms with Crippen molar-refractivity contribution >= 4 is 33.4 Å². The molecule has 0 unspecified atom stereocenters. The highest BCUT2D eigenvalue weighted by Gasteiger charge is 2.53. The molecule has 0 bridgehead atoms. The van der Waals surface area contributed by atoms with E-state index in [0.717, 1.165) is 30.2 Å². The monoisotopic (exact) mass is 332 g/mol. The fraction of sp³-hybridized carbons (Fsp3) is 0.400. The molecular formula is C15H13BrN2O2. The Labute approximate surface area is 125 Å². The van der Waals surface area contributed by atoms with E-state index in [0.29, 0.717) is 11.3 Å². The summed E-state index contributed by atoms with van der Waals surface area (Å²) >= 11 is 3.33. The molecule has 0 atom stereocenters. The number of carbonyl (C=O) groups excluding carboxylic acids is 2. The SMILES string of the molecule is N#Cc1ccc(Br)cc1N1C(=O)CC2(CCCC2)C1=O. The molecule has 20 heavy (non-hydrogen) atoms. The normalized spacial score (nSPS) is 20.7. The molecule has 1 heterocycles. The standard InChI is InChI=1S/C15H13BrN2O2/c16-11-4-3-10(9-17)12(7-11)18-13(19)8-15(14(18)20)5-1-2-6-15/h3-4,7H,1-2,5-6,8H2. The summed E-state index contributed by atoms with van der Waals surface area (Å²) in [6.45, 7) is 0. The van der Waals surface area contributed by atoms with Crippen molar-refractivity contribution in [1.29, 1.82) is 5.26 Å². The number of nitrogens with zero attached hydrogens (tertiary/aromatic N) is 2. The van der Waals surface area contributed by atoms with Gasteiger partial charge in [0, 0.05) is 10.9 Å². The molecule has 1 aliphatic carbocycles. The maximum atomic E-state index is 12.7. The molecule has 1 spiro atoms. The molecule has 4 nitrogen and oxygen atoms in total. The first-order chi connectivity index (χ1) is 9.57. The highest BCUT2D eigenvalue weighted by molar-refractivity contribution is 9.10. The van der Waals surface area contributed by atoms with Gasteiger partial charge in [-0.05, 0) is 31.0 Å². The summed E-state index contributed by atoms with van der Waals surface area (Å²) in [4.78, 5) is 26.2. The zero-order valence-corrected chi connectivity index (χ0v) is 12.4. The second-order valence-electron chi connectivity index (χ2n) is 5.47. The van der Waals surface area contributed by atoms with Crippen LogP contribution in [0.15, 0.2) is 22.7 Å².